The zero-order valence-corrected chi connectivity index (χ0v) is 20.8. The second-order valence-corrected chi connectivity index (χ2v) is 10.5. The third-order valence-electron chi connectivity index (χ3n) is 5.23. The molecule has 0 unspecified atom stereocenters. The van der Waals surface area contributed by atoms with E-state index >= 15 is 0 Å². The van der Waals surface area contributed by atoms with Gasteiger partial charge in [-0.15, -0.1) is 0 Å². The molecule has 0 bridgehead atoms. The number of nitrogens with zero attached hydrogens (tertiary/aromatic N) is 1. The van der Waals surface area contributed by atoms with Gasteiger partial charge in [-0.25, -0.2) is 8.42 Å². The zero-order valence-electron chi connectivity index (χ0n) is 18.4. The highest BCUT2D eigenvalue weighted by Gasteiger charge is 2.28. The van der Waals surface area contributed by atoms with Gasteiger partial charge in [0.1, 0.15) is 6.54 Å². The van der Waals surface area contributed by atoms with E-state index in [1.165, 1.54) is 0 Å². The third-order valence-corrected chi connectivity index (χ3v) is 7.55. The van der Waals surface area contributed by atoms with E-state index in [0.717, 1.165) is 25.5 Å². The van der Waals surface area contributed by atoms with Crippen molar-refractivity contribution >= 4 is 37.5 Å². The number of nitrogens with one attached hydrogen (secondary N) is 1. The molecule has 5 nitrogen and oxygen atoms in total. The average Bonchev–Trinajstić information content (AvgIpc) is 2.77. The molecule has 3 rings (SSSR count). The lowest BCUT2D eigenvalue weighted by Gasteiger charge is -2.26. The molecule has 0 saturated heterocycles. The van der Waals surface area contributed by atoms with Crippen LogP contribution in [0.15, 0.2) is 82.2 Å². The maximum absolute atomic E-state index is 13.5. The van der Waals surface area contributed by atoms with E-state index in [1.54, 1.807) is 48.5 Å². The first-order valence-electron chi connectivity index (χ1n) is 10.4. The van der Waals surface area contributed by atoms with Gasteiger partial charge in [0.05, 0.1) is 16.6 Å². The minimum absolute atomic E-state index is 0.143. The van der Waals surface area contributed by atoms with Crippen LogP contribution in [0.5, 0.6) is 0 Å². The van der Waals surface area contributed by atoms with Crippen molar-refractivity contribution in [3.8, 4) is 0 Å². The van der Waals surface area contributed by atoms with Crippen LogP contribution in [0.1, 0.15) is 36.1 Å². The van der Waals surface area contributed by atoms with Crippen LogP contribution in [-0.4, -0.2) is 20.9 Å². The summed E-state index contributed by atoms with van der Waals surface area (Å²) in [5.74, 6) is -0.365. The van der Waals surface area contributed by atoms with Crippen molar-refractivity contribution in [3.05, 3.63) is 94.0 Å². The van der Waals surface area contributed by atoms with Crippen molar-refractivity contribution in [1.29, 1.82) is 0 Å². The highest BCUT2D eigenvalue weighted by Crippen LogP contribution is 2.26. The Bertz CT molecular complexity index is 1160. The Morgan fingerprint density at radius 3 is 1.97 bits per heavy atom. The SMILES string of the molecule is CC[C@@H](NC(=O)CN(c1ccc(Br)cc1)S(=O)(=O)c1ccc(C)cc1)c1ccc(C)cc1. The predicted molar refractivity (Wildman–Crippen MR) is 132 cm³/mol. The standard InChI is InChI=1S/C25H27BrN2O3S/c1-4-24(20-9-5-18(2)6-10-20)27-25(29)17-28(22-13-11-21(26)12-14-22)32(30,31)23-15-7-19(3)8-16-23/h5-16,24H,4,17H2,1-3H3,(H,27,29)/t24-/m1/s1. The van der Waals surface area contributed by atoms with Crippen LogP contribution >= 0.6 is 15.9 Å². The third kappa shape index (κ3) is 5.78. The van der Waals surface area contributed by atoms with Gasteiger partial charge in [0.2, 0.25) is 5.91 Å². The van der Waals surface area contributed by atoms with Gasteiger partial charge in [-0.2, -0.15) is 0 Å². The van der Waals surface area contributed by atoms with Gasteiger partial charge in [-0.1, -0.05) is 70.4 Å². The van der Waals surface area contributed by atoms with Crippen molar-refractivity contribution in [2.45, 2.75) is 38.1 Å². The number of carbonyl (C=O) groups excluding carboxylic acids is 1. The smallest absolute Gasteiger partial charge is 0.264 e. The van der Waals surface area contributed by atoms with Crippen molar-refractivity contribution < 1.29 is 13.2 Å². The molecule has 32 heavy (non-hydrogen) atoms. The number of hydrogen-bond acceptors (Lipinski definition) is 3. The lowest BCUT2D eigenvalue weighted by molar-refractivity contribution is -0.120. The molecular formula is C25H27BrN2O3S. The summed E-state index contributed by atoms with van der Waals surface area (Å²) in [6, 6.07) is 21.3. The molecule has 0 aromatic heterocycles. The zero-order chi connectivity index (χ0) is 23.3. The molecule has 0 radical (unpaired) electrons. The van der Waals surface area contributed by atoms with Crippen molar-refractivity contribution in [1.82, 2.24) is 5.32 Å². The largest absolute Gasteiger partial charge is 0.348 e. The summed E-state index contributed by atoms with van der Waals surface area (Å²) in [6.07, 6.45) is 0.692. The van der Waals surface area contributed by atoms with Crippen molar-refractivity contribution in [2.75, 3.05) is 10.8 Å². The van der Waals surface area contributed by atoms with Gasteiger partial charge in [-0.3, -0.25) is 9.10 Å². The maximum atomic E-state index is 13.5. The quantitative estimate of drug-likeness (QED) is 0.429. The van der Waals surface area contributed by atoms with Gasteiger partial charge in [0.25, 0.3) is 10.0 Å². The van der Waals surface area contributed by atoms with E-state index in [1.807, 2.05) is 45.0 Å². The number of hydrogen-bond donors (Lipinski definition) is 1. The molecule has 3 aromatic rings. The molecule has 0 saturated carbocycles. The Labute approximate surface area is 198 Å². The van der Waals surface area contributed by atoms with Gasteiger partial charge in [0.15, 0.2) is 0 Å². The fourth-order valence-electron chi connectivity index (χ4n) is 3.35. The average molecular weight is 515 g/mol. The number of rotatable bonds is 8. The van der Waals surface area contributed by atoms with Gasteiger partial charge in [0, 0.05) is 4.47 Å². The molecule has 3 aromatic carbocycles. The highest BCUT2D eigenvalue weighted by atomic mass is 79.9. The molecule has 0 aliphatic rings. The number of anilines is 1. The first-order chi connectivity index (χ1) is 15.2. The van der Waals surface area contributed by atoms with E-state index in [9.17, 15) is 13.2 Å². The van der Waals surface area contributed by atoms with Crippen LogP contribution in [0.25, 0.3) is 0 Å². The summed E-state index contributed by atoms with van der Waals surface area (Å²) in [6.45, 7) is 5.57. The monoisotopic (exact) mass is 514 g/mol. The van der Waals surface area contributed by atoms with Crippen LogP contribution < -0.4 is 9.62 Å². The molecule has 168 valence electrons. The summed E-state index contributed by atoms with van der Waals surface area (Å²) in [5, 5.41) is 2.99. The lowest BCUT2D eigenvalue weighted by atomic mass is 10.0. The van der Waals surface area contributed by atoms with Crippen LogP contribution in [0, 0.1) is 13.8 Å². The number of amides is 1. The summed E-state index contributed by atoms with van der Waals surface area (Å²) >= 11 is 3.37. The molecule has 0 aliphatic heterocycles. The van der Waals surface area contributed by atoms with E-state index < -0.39 is 10.0 Å². The predicted octanol–water partition coefficient (Wildman–Crippen LogP) is 5.53. The van der Waals surface area contributed by atoms with E-state index in [4.69, 9.17) is 0 Å². The summed E-state index contributed by atoms with van der Waals surface area (Å²) in [4.78, 5) is 13.2. The van der Waals surface area contributed by atoms with Crippen molar-refractivity contribution in [2.24, 2.45) is 0 Å². The number of sulfonamides is 1. The number of aryl methyl sites for hydroxylation is 2. The van der Waals surface area contributed by atoms with E-state index in [-0.39, 0.29) is 23.4 Å². The van der Waals surface area contributed by atoms with E-state index in [2.05, 4.69) is 21.2 Å². The Balaban J connectivity index is 1.89. The Morgan fingerprint density at radius 1 is 0.906 bits per heavy atom. The fraction of sp³-hybridized carbons (Fsp3) is 0.240. The van der Waals surface area contributed by atoms with Crippen molar-refractivity contribution in [3.63, 3.8) is 0 Å². The van der Waals surface area contributed by atoms with E-state index in [0.29, 0.717) is 12.1 Å². The van der Waals surface area contributed by atoms with Crippen LogP contribution in [0.4, 0.5) is 5.69 Å². The van der Waals surface area contributed by atoms with Crippen LogP contribution in [0.2, 0.25) is 0 Å². The summed E-state index contributed by atoms with van der Waals surface area (Å²) in [5.41, 5.74) is 3.51. The summed E-state index contributed by atoms with van der Waals surface area (Å²) < 4.78 is 28.9. The number of halogens is 1. The molecule has 1 amide bonds. The first-order valence-corrected chi connectivity index (χ1v) is 12.6. The van der Waals surface area contributed by atoms with Crippen LogP contribution in [-0.2, 0) is 14.8 Å². The Kier molecular flexibility index (Phi) is 7.74. The lowest BCUT2D eigenvalue weighted by Crippen LogP contribution is -2.42. The van der Waals surface area contributed by atoms with Crippen LogP contribution in [0.3, 0.4) is 0 Å². The number of carbonyl (C=O) groups is 1. The number of benzene rings is 3. The minimum Gasteiger partial charge on any atom is -0.348 e. The Morgan fingerprint density at radius 2 is 1.44 bits per heavy atom. The molecule has 0 aliphatic carbocycles. The molecular weight excluding hydrogens is 488 g/mol. The molecule has 0 spiro atoms. The molecule has 1 N–H and O–H groups in total. The topological polar surface area (TPSA) is 66.5 Å². The highest BCUT2D eigenvalue weighted by molar-refractivity contribution is 9.10. The fourth-order valence-corrected chi connectivity index (χ4v) is 5.04. The van der Waals surface area contributed by atoms with Gasteiger partial charge >= 0.3 is 0 Å². The van der Waals surface area contributed by atoms with Gasteiger partial charge < -0.3 is 5.32 Å². The maximum Gasteiger partial charge on any atom is 0.264 e. The first kappa shape index (κ1) is 24.0. The second kappa shape index (κ2) is 10.3. The Hall–Kier alpha value is -2.64. The normalized spacial score (nSPS) is 12.2. The molecule has 0 fully saturated rings. The molecule has 7 heteroatoms. The van der Waals surface area contributed by atoms with Gasteiger partial charge in [-0.05, 0) is 62.2 Å². The summed E-state index contributed by atoms with van der Waals surface area (Å²) in [7, 11) is -3.93. The molecule has 0 heterocycles. The minimum atomic E-state index is -3.93. The molecule has 1 atom stereocenters. The second-order valence-electron chi connectivity index (χ2n) is 7.74.